The van der Waals surface area contributed by atoms with E-state index >= 15 is 0 Å². The van der Waals surface area contributed by atoms with E-state index in [0.717, 1.165) is 42.5 Å². The average Bonchev–Trinajstić information content (AvgIpc) is 2.91. The van der Waals surface area contributed by atoms with Gasteiger partial charge in [-0.25, -0.2) is 9.97 Å². The fourth-order valence-electron chi connectivity index (χ4n) is 1.80. The molecule has 0 amide bonds. The van der Waals surface area contributed by atoms with E-state index in [1.54, 1.807) is 11.3 Å². The zero-order valence-corrected chi connectivity index (χ0v) is 12.5. The van der Waals surface area contributed by atoms with Gasteiger partial charge in [0.1, 0.15) is 17.5 Å². The van der Waals surface area contributed by atoms with E-state index in [4.69, 9.17) is 0 Å². The highest BCUT2D eigenvalue weighted by atomic mass is 32.1. The summed E-state index contributed by atoms with van der Waals surface area (Å²) in [5, 5.41) is 11.0. The van der Waals surface area contributed by atoms with E-state index in [0.29, 0.717) is 0 Å². The lowest BCUT2D eigenvalue weighted by molar-refractivity contribution is 0.942. The Bertz CT molecular complexity index is 522. The number of nitrogens with one attached hydrogen (secondary N) is 2. The van der Waals surface area contributed by atoms with Crippen molar-refractivity contribution in [2.75, 3.05) is 17.2 Å². The fraction of sp³-hybridized carbons (Fsp3) is 0.429. The molecule has 19 heavy (non-hydrogen) atoms. The number of thiophene rings is 1. The van der Waals surface area contributed by atoms with Gasteiger partial charge in [-0.1, -0.05) is 6.92 Å². The van der Waals surface area contributed by atoms with Gasteiger partial charge in [0.25, 0.3) is 0 Å². The van der Waals surface area contributed by atoms with E-state index in [1.807, 2.05) is 13.8 Å². The minimum absolute atomic E-state index is 0.789. The number of hydrogen-bond acceptors (Lipinski definition) is 5. The van der Waals surface area contributed by atoms with Crippen molar-refractivity contribution in [3.8, 4) is 0 Å². The molecule has 4 nitrogen and oxygen atoms in total. The maximum Gasteiger partial charge on any atom is 0.135 e. The van der Waals surface area contributed by atoms with Gasteiger partial charge in [0.2, 0.25) is 0 Å². The van der Waals surface area contributed by atoms with Crippen LogP contribution >= 0.6 is 11.3 Å². The molecule has 2 aromatic rings. The summed E-state index contributed by atoms with van der Waals surface area (Å²) in [6.07, 6.45) is 1.08. The number of hydrogen-bond donors (Lipinski definition) is 2. The molecule has 0 spiro atoms. The van der Waals surface area contributed by atoms with Gasteiger partial charge in [-0.2, -0.15) is 11.3 Å². The van der Waals surface area contributed by atoms with Crippen molar-refractivity contribution in [1.82, 2.24) is 9.97 Å². The lowest BCUT2D eigenvalue weighted by Crippen LogP contribution is -2.10. The van der Waals surface area contributed by atoms with Crippen LogP contribution in [0.4, 0.5) is 11.6 Å². The highest BCUT2D eigenvalue weighted by Gasteiger charge is 2.08. The molecule has 0 aliphatic carbocycles. The molecule has 0 unspecified atom stereocenters. The molecule has 2 rings (SSSR count). The molecule has 0 aromatic carbocycles. The standard InChI is InChI=1S/C14H20N4S/c1-4-6-15-13-10(2)14(18-11(3)17-13)16-8-12-5-7-19-9-12/h5,7,9H,4,6,8H2,1-3H3,(H2,15,16,17,18). The molecule has 2 aromatic heterocycles. The smallest absolute Gasteiger partial charge is 0.135 e. The molecule has 0 aliphatic heterocycles. The van der Waals surface area contributed by atoms with E-state index < -0.39 is 0 Å². The molecular formula is C14H20N4S. The summed E-state index contributed by atoms with van der Waals surface area (Å²) in [6.45, 7) is 7.85. The molecule has 0 saturated heterocycles. The molecule has 0 fully saturated rings. The maximum atomic E-state index is 4.48. The van der Waals surface area contributed by atoms with E-state index in [1.165, 1.54) is 5.56 Å². The molecule has 2 heterocycles. The second-order valence-electron chi connectivity index (χ2n) is 4.50. The highest BCUT2D eigenvalue weighted by Crippen LogP contribution is 2.20. The van der Waals surface area contributed by atoms with Gasteiger partial charge in [-0.15, -0.1) is 0 Å². The topological polar surface area (TPSA) is 49.8 Å². The molecular weight excluding hydrogens is 256 g/mol. The van der Waals surface area contributed by atoms with Gasteiger partial charge in [-0.05, 0) is 42.7 Å². The van der Waals surface area contributed by atoms with Gasteiger partial charge < -0.3 is 10.6 Å². The quantitative estimate of drug-likeness (QED) is 0.846. The Morgan fingerprint density at radius 2 is 1.89 bits per heavy atom. The predicted octanol–water partition coefficient (Wildman–Crippen LogP) is 3.59. The first-order chi connectivity index (χ1) is 9.20. The van der Waals surface area contributed by atoms with Crippen molar-refractivity contribution in [3.05, 3.63) is 33.8 Å². The van der Waals surface area contributed by atoms with Crippen LogP contribution in [0.25, 0.3) is 0 Å². The Balaban J connectivity index is 2.12. The number of aromatic nitrogens is 2. The Labute approximate surface area is 118 Å². The van der Waals surface area contributed by atoms with E-state index in [2.05, 4.69) is 44.4 Å². The van der Waals surface area contributed by atoms with Crippen molar-refractivity contribution in [3.63, 3.8) is 0 Å². The fourth-order valence-corrected chi connectivity index (χ4v) is 2.46. The SMILES string of the molecule is CCCNc1nc(C)nc(NCc2ccsc2)c1C. The van der Waals surface area contributed by atoms with Gasteiger partial charge in [0, 0.05) is 18.7 Å². The lowest BCUT2D eigenvalue weighted by atomic mass is 10.2. The van der Waals surface area contributed by atoms with Crippen molar-refractivity contribution < 1.29 is 0 Å². The summed E-state index contributed by atoms with van der Waals surface area (Å²) in [7, 11) is 0. The van der Waals surface area contributed by atoms with Crippen LogP contribution in [0.15, 0.2) is 16.8 Å². The maximum absolute atomic E-state index is 4.48. The molecule has 0 atom stereocenters. The third-order valence-electron chi connectivity index (χ3n) is 2.84. The molecule has 0 saturated carbocycles. The van der Waals surface area contributed by atoms with Gasteiger partial charge in [-0.3, -0.25) is 0 Å². The van der Waals surface area contributed by atoms with E-state index in [9.17, 15) is 0 Å². The number of aryl methyl sites for hydroxylation is 1. The van der Waals surface area contributed by atoms with Crippen LogP contribution in [0.3, 0.4) is 0 Å². The first kappa shape index (κ1) is 13.8. The number of nitrogens with zero attached hydrogens (tertiary/aromatic N) is 2. The number of anilines is 2. The molecule has 5 heteroatoms. The van der Waals surface area contributed by atoms with Crippen LogP contribution in [-0.2, 0) is 6.54 Å². The van der Waals surface area contributed by atoms with Gasteiger partial charge in [0.05, 0.1) is 0 Å². The molecule has 2 N–H and O–H groups in total. The Morgan fingerprint density at radius 3 is 2.53 bits per heavy atom. The molecule has 102 valence electrons. The lowest BCUT2D eigenvalue weighted by Gasteiger charge is -2.13. The third-order valence-corrected chi connectivity index (χ3v) is 3.57. The third kappa shape index (κ3) is 3.67. The zero-order valence-electron chi connectivity index (χ0n) is 11.7. The van der Waals surface area contributed by atoms with Crippen molar-refractivity contribution in [2.24, 2.45) is 0 Å². The molecule has 0 radical (unpaired) electrons. The molecule has 0 aliphatic rings. The van der Waals surface area contributed by atoms with Gasteiger partial charge in [0.15, 0.2) is 0 Å². The van der Waals surface area contributed by atoms with Crippen molar-refractivity contribution >= 4 is 23.0 Å². The Kier molecular flexibility index (Phi) is 4.74. The highest BCUT2D eigenvalue weighted by molar-refractivity contribution is 7.07. The summed E-state index contributed by atoms with van der Waals surface area (Å²) < 4.78 is 0. The number of rotatable bonds is 6. The Hall–Kier alpha value is -1.62. The second-order valence-corrected chi connectivity index (χ2v) is 5.28. The Morgan fingerprint density at radius 1 is 1.16 bits per heavy atom. The predicted molar refractivity (Wildman–Crippen MR) is 81.9 cm³/mol. The van der Waals surface area contributed by atoms with Crippen LogP contribution in [-0.4, -0.2) is 16.5 Å². The summed E-state index contributed by atoms with van der Waals surface area (Å²) in [5.74, 6) is 2.64. The van der Waals surface area contributed by atoms with Crippen molar-refractivity contribution in [2.45, 2.75) is 33.7 Å². The first-order valence-corrected chi connectivity index (χ1v) is 7.49. The summed E-state index contributed by atoms with van der Waals surface area (Å²) >= 11 is 1.71. The van der Waals surface area contributed by atoms with Crippen LogP contribution in [0.2, 0.25) is 0 Å². The van der Waals surface area contributed by atoms with E-state index in [-0.39, 0.29) is 0 Å². The normalized spacial score (nSPS) is 10.5. The van der Waals surface area contributed by atoms with Crippen LogP contribution < -0.4 is 10.6 Å². The average molecular weight is 276 g/mol. The minimum atomic E-state index is 0.789. The first-order valence-electron chi connectivity index (χ1n) is 6.54. The monoisotopic (exact) mass is 276 g/mol. The summed E-state index contributed by atoms with van der Waals surface area (Å²) in [4.78, 5) is 8.94. The minimum Gasteiger partial charge on any atom is -0.370 e. The summed E-state index contributed by atoms with van der Waals surface area (Å²) in [6, 6.07) is 2.12. The van der Waals surface area contributed by atoms with Crippen LogP contribution in [0.5, 0.6) is 0 Å². The largest absolute Gasteiger partial charge is 0.370 e. The zero-order chi connectivity index (χ0) is 13.7. The summed E-state index contributed by atoms with van der Waals surface area (Å²) in [5.41, 5.74) is 2.36. The van der Waals surface area contributed by atoms with Crippen LogP contribution in [0.1, 0.15) is 30.3 Å². The van der Waals surface area contributed by atoms with Gasteiger partial charge >= 0.3 is 0 Å². The van der Waals surface area contributed by atoms with Crippen LogP contribution in [0, 0.1) is 13.8 Å². The molecule has 0 bridgehead atoms. The van der Waals surface area contributed by atoms with Crippen molar-refractivity contribution in [1.29, 1.82) is 0 Å². The second kappa shape index (κ2) is 6.52.